The second-order valence-electron chi connectivity index (χ2n) is 21.8. The Balaban J connectivity index is 0.000000161. The van der Waals surface area contributed by atoms with Crippen LogP contribution in [-0.4, -0.2) is 120 Å². The molecule has 16 heteroatoms. The van der Waals surface area contributed by atoms with Crippen molar-refractivity contribution in [3.05, 3.63) is 125 Å². The maximum atomic E-state index is 6.22. The molecule has 0 bridgehead atoms. The highest BCUT2D eigenvalue weighted by atomic mass is 79.9. The molecule has 5 aliphatic rings. The summed E-state index contributed by atoms with van der Waals surface area (Å²) in [6.45, 7) is 31.9. The number of nitrogens with zero attached hydrogens (tertiary/aromatic N) is 2. The zero-order valence-corrected chi connectivity index (χ0v) is 45.3. The summed E-state index contributed by atoms with van der Waals surface area (Å²) in [7, 11) is -1.30. The molecule has 0 N–H and O–H groups in total. The van der Waals surface area contributed by atoms with Gasteiger partial charge in [0.15, 0.2) is 0 Å². The molecular weight excluding hydrogens is 949 g/mol. The van der Waals surface area contributed by atoms with Crippen LogP contribution < -0.4 is 15.3 Å². The van der Waals surface area contributed by atoms with Crippen LogP contribution in [0.5, 0.6) is 0 Å². The van der Waals surface area contributed by atoms with Gasteiger partial charge in [0.25, 0.3) is 0 Å². The molecule has 0 radical (unpaired) electrons. The Hall–Kier alpha value is -3.25. The van der Waals surface area contributed by atoms with Crippen LogP contribution in [0.2, 0.25) is 0 Å². The zero-order chi connectivity index (χ0) is 50.4. The number of ether oxygens (including phenoxy) is 4. The molecule has 5 saturated heterocycles. The second-order valence-corrected chi connectivity index (χ2v) is 22.7. The molecule has 378 valence electrons. The lowest BCUT2D eigenvalue weighted by Gasteiger charge is -2.34. The number of rotatable bonds is 12. The Morgan fingerprint density at radius 3 is 1.29 bits per heavy atom. The third-order valence-electron chi connectivity index (χ3n) is 14.8. The highest BCUT2D eigenvalue weighted by Gasteiger charge is 2.63. The molecule has 5 fully saturated rings. The fourth-order valence-electron chi connectivity index (χ4n) is 8.39. The van der Waals surface area contributed by atoms with E-state index in [1.807, 2.05) is 97.9 Å². The second kappa shape index (κ2) is 22.9. The van der Waals surface area contributed by atoms with E-state index in [0.717, 1.165) is 42.7 Å². The number of benzene rings is 4. The van der Waals surface area contributed by atoms with Crippen LogP contribution in [0.25, 0.3) is 0 Å². The van der Waals surface area contributed by atoms with Gasteiger partial charge in [0.2, 0.25) is 0 Å². The Kier molecular flexibility index (Phi) is 17.8. The largest absolute Gasteiger partial charge is 0.494 e. The molecule has 0 saturated carbocycles. The van der Waals surface area contributed by atoms with E-state index in [1.165, 1.54) is 22.5 Å². The van der Waals surface area contributed by atoms with Gasteiger partial charge in [0.05, 0.1) is 85.5 Å². The number of hydrogen-bond donors (Lipinski definition) is 0. The Labute approximate surface area is 428 Å². The molecule has 2 atom stereocenters. The van der Waals surface area contributed by atoms with Crippen LogP contribution in [0.15, 0.2) is 114 Å². The number of hydrogen-bond acceptors (Lipinski definition) is 12. The maximum absolute atomic E-state index is 6.22. The molecular formula is C54H76B3BrN2O10. The molecule has 0 amide bonds. The summed E-state index contributed by atoms with van der Waals surface area (Å²) in [5.74, 6) is 0. The van der Waals surface area contributed by atoms with Gasteiger partial charge in [-0.2, -0.15) is 0 Å². The van der Waals surface area contributed by atoms with Crippen LogP contribution in [0.3, 0.4) is 0 Å². The first kappa shape index (κ1) is 54.5. The fraction of sp³-hybridized carbons (Fsp3) is 0.556. The molecule has 0 aromatic heterocycles. The van der Waals surface area contributed by atoms with Crippen molar-refractivity contribution in [3.63, 3.8) is 0 Å². The summed E-state index contributed by atoms with van der Waals surface area (Å²) in [6.07, 6.45) is 0.180. The third kappa shape index (κ3) is 13.9. The minimum absolute atomic E-state index is 0.0583. The minimum atomic E-state index is -0.476. The summed E-state index contributed by atoms with van der Waals surface area (Å²) < 4.78 is 60.9. The van der Waals surface area contributed by atoms with Gasteiger partial charge in [-0.1, -0.05) is 94.8 Å². The quantitative estimate of drug-likeness (QED) is 0.127. The molecule has 70 heavy (non-hydrogen) atoms. The number of anilines is 2. The van der Waals surface area contributed by atoms with Crippen molar-refractivity contribution in [1.29, 1.82) is 0 Å². The highest BCUT2D eigenvalue weighted by Crippen LogP contribution is 2.43. The van der Waals surface area contributed by atoms with Gasteiger partial charge < -0.3 is 56.7 Å². The van der Waals surface area contributed by atoms with Gasteiger partial charge in [-0.25, -0.2) is 0 Å². The van der Waals surface area contributed by atoms with Crippen molar-refractivity contribution >= 4 is 53.9 Å². The summed E-state index contributed by atoms with van der Waals surface area (Å²) in [5, 5.41) is 0. The van der Waals surface area contributed by atoms with Crippen molar-refractivity contribution < 1.29 is 46.9 Å². The van der Waals surface area contributed by atoms with E-state index in [9.17, 15) is 0 Å². The summed E-state index contributed by atoms with van der Waals surface area (Å²) in [4.78, 5) is 4.71. The predicted octanol–water partition coefficient (Wildman–Crippen LogP) is 9.53. The monoisotopic (exact) mass is 1020 g/mol. The summed E-state index contributed by atoms with van der Waals surface area (Å²) >= 11 is 3.53. The smallest absolute Gasteiger partial charge is 0.405 e. The van der Waals surface area contributed by atoms with Crippen molar-refractivity contribution in [3.8, 4) is 0 Å². The lowest BCUT2D eigenvalue weighted by molar-refractivity contribution is -0.0283. The van der Waals surface area contributed by atoms with Crippen molar-refractivity contribution in [2.24, 2.45) is 0 Å². The molecule has 4 aromatic rings. The first-order valence-corrected chi connectivity index (χ1v) is 25.7. The summed E-state index contributed by atoms with van der Waals surface area (Å²) in [6, 6.07) is 37.3. The van der Waals surface area contributed by atoms with Crippen LogP contribution in [0.4, 0.5) is 11.4 Å². The molecule has 12 nitrogen and oxygen atoms in total. The van der Waals surface area contributed by atoms with Crippen LogP contribution >= 0.6 is 15.9 Å². The molecule has 9 rings (SSSR count). The van der Waals surface area contributed by atoms with E-state index >= 15 is 0 Å². The third-order valence-corrected chi connectivity index (χ3v) is 15.3. The average Bonchev–Trinajstić information content (AvgIpc) is 3.80. The van der Waals surface area contributed by atoms with Crippen molar-refractivity contribution in [2.45, 2.75) is 142 Å². The molecule has 0 spiro atoms. The molecule has 5 heterocycles. The lowest BCUT2D eigenvalue weighted by Crippen LogP contribution is -2.45. The standard InChI is InChI=1S/C24H32BNO4.C18H20BrNO2.C12H24B2O4/c1-23(2)24(3,4)30-25(29-23)20-11-8-12-21(15-20)26-13-14-28-22(16-26)18-27-17-19-9-6-5-7-10-19;19-16-7-4-8-17(11-16)20-9-10-22-18(12-20)14-21-13-15-5-2-1-3-6-15;1-9(2)10(3,4)16-13(15-9)14-17-11(5,6)12(7,8)18-14/h5-12,15,22H,13-14,16-18H2,1-4H3;1-8,11,18H,9-10,12-14H2;1-8H3/t22-;18-;/m11./s1. The Morgan fingerprint density at radius 2 is 0.871 bits per heavy atom. The Morgan fingerprint density at radius 1 is 0.486 bits per heavy atom. The summed E-state index contributed by atoms with van der Waals surface area (Å²) in [5.41, 5.74) is 3.70. The molecule has 4 aromatic carbocycles. The maximum Gasteiger partial charge on any atom is 0.494 e. The number of morpholine rings is 2. The van der Waals surface area contributed by atoms with E-state index in [2.05, 4.69) is 120 Å². The van der Waals surface area contributed by atoms with Gasteiger partial charge in [0, 0.05) is 42.0 Å². The van der Waals surface area contributed by atoms with Gasteiger partial charge in [-0.15, -0.1) is 0 Å². The average molecular weight is 1030 g/mol. The van der Waals surface area contributed by atoms with E-state index in [0.29, 0.717) is 33.0 Å². The van der Waals surface area contributed by atoms with Crippen LogP contribution in [0.1, 0.15) is 94.2 Å². The fourth-order valence-corrected chi connectivity index (χ4v) is 8.78. The molecule has 0 unspecified atom stereocenters. The zero-order valence-electron chi connectivity index (χ0n) is 43.7. The van der Waals surface area contributed by atoms with Gasteiger partial charge >= 0.3 is 21.1 Å². The van der Waals surface area contributed by atoms with Crippen LogP contribution in [0, 0.1) is 0 Å². The number of halogens is 1. The first-order valence-electron chi connectivity index (χ1n) is 24.9. The van der Waals surface area contributed by atoms with Gasteiger partial charge in [-0.3, -0.25) is 0 Å². The van der Waals surface area contributed by atoms with E-state index < -0.39 is 14.0 Å². The van der Waals surface area contributed by atoms with E-state index in [4.69, 9.17) is 46.9 Å². The van der Waals surface area contributed by atoms with Crippen molar-refractivity contribution in [2.75, 3.05) is 62.4 Å². The van der Waals surface area contributed by atoms with Gasteiger partial charge in [0.1, 0.15) is 0 Å². The molecule has 0 aliphatic carbocycles. The predicted molar refractivity (Wildman–Crippen MR) is 285 cm³/mol. The molecule has 5 aliphatic heterocycles. The van der Waals surface area contributed by atoms with E-state index in [1.54, 1.807) is 0 Å². The van der Waals surface area contributed by atoms with Crippen molar-refractivity contribution in [1.82, 2.24) is 0 Å². The minimum Gasteiger partial charge on any atom is -0.405 e. The van der Waals surface area contributed by atoms with Gasteiger partial charge in [-0.05, 0) is 130 Å². The topological polar surface area (TPSA) is 98.8 Å². The van der Waals surface area contributed by atoms with E-state index in [-0.39, 0.29) is 52.9 Å². The lowest BCUT2D eigenvalue weighted by atomic mass is 9.49. The normalized spacial score (nSPS) is 23.9. The SMILES string of the molecule is Brc1cccc(N2CCO[C@@H](COCc3ccccc3)C2)c1.CC1(C)OB(B2OC(C)(C)C(C)(C)O2)OC1(C)C.CC1(C)OB(c2cccc(N3CCO[C@@H](COCc4ccccc4)C3)c2)OC1(C)C. The highest BCUT2D eigenvalue weighted by molar-refractivity contribution is 9.10. The Bertz CT molecular complexity index is 2190. The van der Waals surface area contributed by atoms with Crippen LogP contribution in [-0.2, 0) is 60.1 Å². The first-order chi connectivity index (χ1) is 33.0.